The second-order valence-corrected chi connectivity index (χ2v) is 6.85. The molecule has 0 saturated carbocycles. The van der Waals surface area contributed by atoms with E-state index in [1.165, 1.54) is 12.8 Å². The van der Waals surface area contributed by atoms with Gasteiger partial charge in [0.1, 0.15) is 0 Å². The van der Waals surface area contributed by atoms with E-state index in [0.29, 0.717) is 6.54 Å². The highest BCUT2D eigenvalue weighted by atomic mass is 16.1. The zero-order valence-electron chi connectivity index (χ0n) is 14.3. The summed E-state index contributed by atoms with van der Waals surface area (Å²) in [6.45, 7) is 2.66. The fourth-order valence-electron chi connectivity index (χ4n) is 3.62. The molecule has 1 atom stereocenters. The molecule has 1 fully saturated rings. The number of amides is 1. The number of pyridine rings is 1. The molecule has 2 aromatic rings. The lowest BCUT2D eigenvalue weighted by atomic mass is 9.86. The quantitative estimate of drug-likeness (QED) is 0.922. The third kappa shape index (κ3) is 3.62. The van der Waals surface area contributed by atoms with Gasteiger partial charge in [0.05, 0.1) is 0 Å². The Hall–Kier alpha value is -2.50. The van der Waals surface area contributed by atoms with Crippen molar-refractivity contribution in [2.45, 2.75) is 38.6 Å². The van der Waals surface area contributed by atoms with Gasteiger partial charge in [-0.2, -0.15) is 0 Å². The molecule has 1 aliphatic carbocycles. The van der Waals surface area contributed by atoms with Crippen LogP contribution in [0.2, 0.25) is 0 Å². The van der Waals surface area contributed by atoms with Gasteiger partial charge in [0, 0.05) is 49.8 Å². The van der Waals surface area contributed by atoms with Crippen LogP contribution in [0.1, 0.15) is 36.1 Å². The molecule has 1 N–H and O–H groups in total. The number of nitrogens with zero attached hydrogens (tertiary/aromatic N) is 4. The zero-order valence-corrected chi connectivity index (χ0v) is 14.3. The highest BCUT2D eigenvalue weighted by molar-refractivity contribution is 5.79. The van der Waals surface area contributed by atoms with Crippen LogP contribution in [-0.2, 0) is 24.2 Å². The number of aryl methyl sites for hydroxylation is 1. The van der Waals surface area contributed by atoms with Crippen LogP contribution < -0.4 is 10.2 Å². The van der Waals surface area contributed by atoms with Gasteiger partial charge in [-0.15, -0.1) is 0 Å². The van der Waals surface area contributed by atoms with Crippen molar-refractivity contribution in [2.75, 3.05) is 18.0 Å². The molecule has 0 radical (unpaired) electrons. The van der Waals surface area contributed by atoms with Gasteiger partial charge in [0.25, 0.3) is 0 Å². The van der Waals surface area contributed by atoms with Crippen molar-refractivity contribution in [1.29, 1.82) is 0 Å². The van der Waals surface area contributed by atoms with E-state index in [2.05, 4.69) is 20.2 Å². The topological polar surface area (TPSA) is 71.0 Å². The Bertz CT molecular complexity index is 743. The highest BCUT2D eigenvalue weighted by Crippen LogP contribution is 2.26. The first-order valence-corrected chi connectivity index (χ1v) is 9.06. The Morgan fingerprint density at radius 1 is 1.24 bits per heavy atom. The first-order chi connectivity index (χ1) is 12.3. The van der Waals surface area contributed by atoms with Crippen LogP contribution in [0, 0.1) is 5.92 Å². The maximum Gasteiger partial charge on any atom is 0.225 e. The van der Waals surface area contributed by atoms with Crippen LogP contribution in [0.15, 0.2) is 30.7 Å². The summed E-state index contributed by atoms with van der Waals surface area (Å²) in [6, 6.07) is 3.84. The van der Waals surface area contributed by atoms with Crippen molar-refractivity contribution in [2.24, 2.45) is 5.92 Å². The van der Waals surface area contributed by atoms with Gasteiger partial charge in [-0.1, -0.05) is 0 Å². The molecule has 3 heterocycles. The van der Waals surface area contributed by atoms with Crippen LogP contribution in [0.3, 0.4) is 0 Å². The average Bonchev–Trinajstić information content (AvgIpc) is 3.21. The number of rotatable bonds is 4. The molecule has 25 heavy (non-hydrogen) atoms. The zero-order chi connectivity index (χ0) is 17.1. The minimum absolute atomic E-state index is 0.00979. The summed E-state index contributed by atoms with van der Waals surface area (Å²) in [5, 5.41) is 3.04. The van der Waals surface area contributed by atoms with E-state index in [9.17, 15) is 4.79 Å². The van der Waals surface area contributed by atoms with Crippen molar-refractivity contribution >= 4 is 11.9 Å². The number of anilines is 1. The summed E-state index contributed by atoms with van der Waals surface area (Å²) in [7, 11) is 0. The normalized spacial score (nSPS) is 19.5. The number of fused-ring (bicyclic) bond motifs is 1. The summed E-state index contributed by atoms with van der Waals surface area (Å²) in [5.74, 6) is 0.985. The van der Waals surface area contributed by atoms with Crippen molar-refractivity contribution < 1.29 is 4.79 Å². The predicted octanol–water partition coefficient (Wildman–Crippen LogP) is 1.89. The molecule has 6 nitrogen and oxygen atoms in total. The second kappa shape index (κ2) is 7.17. The summed E-state index contributed by atoms with van der Waals surface area (Å²) >= 11 is 0. The van der Waals surface area contributed by atoms with E-state index < -0.39 is 0 Å². The first-order valence-electron chi connectivity index (χ1n) is 9.06. The molecule has 0 aromatic carbocycles. The predicted molar refractivity (Wildman–Crippen MR) is 95.1 cm³/mol. The number of aromatic nitrogens is 3. The van der Waals surface area contributed by atoms with Gasteiger partial charge >= 0.3 is 0 Å². The summed E-state index contributed by atoms with van der Waals surface area (Å²) in [6.07, 6.45) is 10.3. The van der Waals surface area contributed by atoms with Crippen LogP contribution >= 0.6 is 0 Å². The SMILES string of the molecule is O=C(NCc1ccncc1)C1CCc2nc(N3CCCC3)ncc2C1. The van der Waals surface area contributed by atoms with Crippen LogP contribution in [0.25, 0.3) is 0 Å². The highest BCUT2D eigenvalue weighted by Gasteiger charge is 2.26. The number of carbonyl (C=O) groups is 1. The molecular formula is C19H23N5O. The molecule has 130 valence electrons. The maximum absolute atomic E-state index is 12.5. The smallest absolute Gasteiger partial charge is 0.225 e. The van der Waals surface area contributed by atoms with Gasteiger partial charge in [-0.25, -0.2) is 9.97 Å². The number of carbonyl (C=O) groups excluding carboxylic acids is 1. The third-order valence-electron chi connectivity index (χ3n) is 5.11. The average molecular weight is 337 g/mol. The Morgan fingerprint density at radius 3 is 2.84 bits per heavy atom. The molecule has 0 bridgehead atoms. The van der Waals surface area contributed by atoms with E-state index in [1.807, 2.05) is 18.3 Å². The fourth-order valence-corrected chi connectivity index (χ4v) is 3.62. The van der Waals surface area contributed by atoms with Gasteiger partial charge in [0.2, 0.25) is 11.9 Å². The van der Waals surface area contributed by atoms with Crippen molar-refractivity contribution in [1.82, 2.24) is 20.3 Å². The van der Waals surface area contributed by atoms with Crippen LogP contribution in [0.5, 0.6) is 0 Å². The van der Waals surface area contributed by atoms with Gasteiger partial charge in [-0.3, -0.25) is 9.78 Å². The first kappa shape index (κ1) is 16.0. The molecular weight excluding hydrogens is 314 g/mol. The largest absolute Gasteiger partial charge is 0.352 e. The van der Waals surface area contributed by atoms with Crippen molar-refractivity contribution in [3.8, 4) is 0 Å². The number of nitrogens with one attached hydrogen (secondary N) is 1. The fraction of sp³-hybridized carbons (Fsp3) is 0.474. The molecule has 1 saturated heterocycles. The van der Waals surface area contributed by atoms with Crippen molar-refractivity contribution in [3.63, 3.8) is 0 Å². The Balaban J connectivity index is 1.38. The molecule has 1 amide bonds. The standard InChI is InChI=1S/C19H23N5O/c25-18(21-12-14-5-7-20-8-6-14)15-3-4-17-16(11-15)13-22-19(23-17)24-9-1-2-10-24/h5-8,13,15H,1-4,9-12H2,(H,21,25). The van der Waals surface area contributed by atoms with E-state index in [-0.39, 0.29) is 11.8 Å². The lowest BCUT2D eigenvalue weighted by Gasteiger charge is -2.24. The van der Waals surface area contributed by atoms with Crippen LogP contribution in [0.4, 0.5) is 5.95 Å². The molecule has 0 spiro atoms. The minimum Gasteiger partial charge on any atom is -0.352 e. The Morgan fingerprint density at radius 2 is 2.04 bits per heavy atom. The molecule has 1 unspecified atom stereocenters. The monoisotopic (exact) mass is 337 g/mol. The number of hydrogen-bond acceptors (Lipinski definition) is 5. The molecule has 2 aliphatic rings. The lowest BCUT2D eigenvalue weighted by molar-refractivity contribution is -0.125. The van der Waals surface area contributed by atoms with E-state index in [4.69, 9.17) is 4.98 Å². The molecule has 4 rings (SSSR count). The summed E-state index contributed by atoms with van der Waals surface area (Å²) in [4.78, 5) is 28.0. The maximum atomic E-state index is 12.5. The van der Waals surface area contributed by atoms with Gasteiger partial charge < -0.3 is 10.2 Å². The summed E-state index contributed by atoms with van der Waals surface area (Å²) in [5.41, 5.74) is 3.31. The van der Waals surface area contributed by atoms with E-state index >= 15 is 0 Å². The Kier molecular flexibility index (Phi) is 4.59. The molecule has 6 heteroatoms. The minimum atomic E-state index is 0.00979. The van der Waals surface area contributed by atoms with Gasteiger partial charge in [0.15, 0.2) is 0 Å². The second-order valence-electron chi connectivity index (χ2n) is 6.85. The lowest BCUT2D eigenvalue weighted by Crippen LogP contribution is -2.34. The van der Waals surface area contributed by atoms with Crippen molar-refractivity contribution in [3.05, 3.63) is 47.5 Å². The summed E-state index contributed by atoms with van der Waals surface area (Å²) < 4.78 is 0. The molecule has 2 aromatic heterocycles. The third-order valence-corrected chi connectivity index (χ3v) is 5.11. The van der Waals surface area contributed by atoms with Gasteiger partial charge in [-0.05, 0) is 55.4 Å². The van der Waals surface area contributed by atoms with Crippen LogP contribution in [-0.4, -0.2) is 33.9 Å². The number of hydrogen-bond donors (Lipinski definition) is 1. The van der Waals surface area contributed by atoms with E-state index in [1.54, 1.807) is 12.4 Å². The molecule has 1 aliphatic heterocycles. The van der Waals surface area contributed by atoms with E-state index in [0.717, 1.165) is 55.1 Å². The Labute approximate surface area is 147 Å².